The van der Waals surface area contributed by atoms with Crippen LogP contribution in [-0.4, -0.2) is 54.7 Å². The van der Waals surface area contributed by atoms with Gasteiger partial charge in [-0.15, -0.1) is 0 Å². The lowest BCUT2D eigenvalue weighted by Gasteiger charge is -2.54. The Morgan fingerprint density at radius 3 is 2.68 bits per heavy atom. The molecule has 1 aromatic rings. The predicted octanol–water partition coefficient (Wildman–Crippen LogP) is 2.23. The number of carbonyl (C=O) groups is 1. The molecule has 152 valence electrons. The summed E-state index contributed by atoms with van der Waals surface area (Å²) in [7, 11) is 1.63. The summed E-state index contributed by atoms with van der Waals surface area (Å²) < 4.78 is 11.1. The fourth-order valence-electron chi connectivity index (χ4n) is 6.31. The molecule has 5 fully saturated rings. The Morgan fingerprint density at radius 2 is 1.96 bits per heavy atom. The third-order valence-electron chi connectivity index (χ3n) is 7.35. The quantitative estimate of drug-likeness (QED) is 0.842. The first-order valence-electron chi connectivity index (χ1n) is 10.8. The van der Waals surface area contributed by atoms with Crippen molar-refractivity contribution in [1.29, 1.82) is 0 Å². The van der Waals surface area contributed by atoms with Gasteiger partial charge in [0.25, 0.3) is 5.91 Å². The molecule has 1 unspecified atom stereocenters. The maximum atomic E-state index is 13.0. The van der Waals surface area contributed by atoms with Crippen molar-refractivity contribution in [3.63, 3.8) is 0 Å². The normalized spacial score (nSPS) is 37.0. The van der Waals surface area contributed by atoms with Gasteiger partial charge in [-0.3, -0.25) is 9.69 Å². The first-order valence-corrected chi connectivity index (χ1v) is 10.8. The molecule has 1 saturated heterocycles. The van der Waals surface area contributed by atoms with E-state index in [0.717, 1.165) is 24.1 Å². The molecule has 1 aromatic heterocycles. The highest BCUT2D eigenvalue weighted by Gasteiger charge is 2.49. The molecule has 0 aromatic carbocycles. The van der Waals surface area contributed by atoms with Crippen molar-refractivity contribution >= 4 is 5.91 Å². The molecule has 4 bridgehead atoms. The smallest absolute Gasteiger partial charge is 0.250 e. The molecule has 0 radical (unpaired) electrons. The summed E-state index contributed by atoms with van der Waals surface area (Å²) in [5.74, 6) is 3.95. The molecule has 1 atom stereocenters. The number of nitrogens with one attached hydrogen (secondary N) is 1. The predicted molar refractivity (Wildman–Crippen MR) is 105 cm³/mol. The molecular weight excluding hydrogens is 354 g/mol. The van der Waals surface area contributed by atoms with Gasteiger partial charge >= 0.3 is 0 Å². The summed E-state index contributed by atoms with van der Waals surface area (Å²) in [6.07, 6.45) is 6.33. The van der Waals surface area contributed by atoms with Gasteiger partial charge in [-0.05, 0) is 61.8 Å². The molecule has 4 aliphatic carbocycles. The van der Waals surface area contributed by atoms with Crippen LogP contribution in [0.2, 0.25) is 0 Å². The third kappa shape index (κ3) is 3.64. The Balaban J connectivity index is 1.18. The van der Waals surface area contributed by atoms with E-state index in [1.54, 1.807) is 7.11 Å². The van der Waals surface area contributed by atoms with Gasteiger partial charge in [-0.25, -0.2) is 4.98 Å². The zero-order valence-corrected chi connectivity index (χ0v) is 16.7. The molecule has 28 heavy (non-hydrogen) atoms. The molecule has 1 aliphatic heterocycles. The van der Waals surface area contributed by atoms with Crippen molar-refractivity contribution in [3.8, 4) is 5.88 Å². The lowest BCUT2D eigenvalue weighted by molar-refractivity contribution is -0.142. The Bertz CT molecular complexity index is 697. The highest BCUT2D eigenvalue weighted by atomic mass is 16.5. The Morgan fingerprint density at radius 1 is 1.21 bits per heavy atom. The number of ether oxygens (including phenoxy) is 2. The number of hydrogen-bond acceptors (Lipinski definition) is 5. The molecule has 6 rings (SSSR count). The van der Waals surface area contributed by atoms with E-state index in [1.165, 1.54) is 32.1 Å². The SMILES string of the molecule is COc1cccc(CN2CCOC(C(=O)NC3C4CC5CC(C4)CC3C5)C2)n1. The van der Waals surface area contributed by atoms with Gasteiger partial charge in [-0.2, -0.15) is 0 Å². The lowest BCUT2D eigenvalue weighted by Crippen LogP contribution is -2.59. The highest BCUT2D eigenvalue weighted by Crippen LogP contribution is 2.53. The zero-order chi connectivity index (χ0) is 19.1. The number of carbonyl (C=O) groups excluding carboxylic acids is 1. The number of pyridine rings is 1. The Hall–Kier alpha value is -1.66. The fraction of sp³-hybridized carbons (Fsp3) is 0.727. The van der Waals surface area contributed by atoms with E-state index < -0.39 is 0 Å². The first kappa shape index (κ1) is 18.4. The van der Waals surface area contributed by atoms with Crippen LogP contribution in [0.25, 0.3) is 0 Å². The largest absolute Gasteiger partial charge is 0.481 e. The van der Waals surface area contributed by atoms with Crippen molar-refractivity contribution in [3.05, 3.63) is 23.9 Å². The summed E-state index contributed by atoms with van der Waals surface area (Å²) in [6.45, 7) is 2.74. The van der Waals surface area contributed by atoms with Crippen LogP contribution in [0.15, 0.2) is 18.2 Å². The van der Waals surface area contributed by atoms with E-state index >= 15 is 0 Å². The van der Waals surface area contributed by atoms with Crippen LogP contribution in [0.5, 0.6) is 5.88 Å². The van der Waals surface area contributed by atoms with Crippen LogP contribution < -0.4 is 10.1 Å². The fourth-order valence-corrected chi connectivity index (χ4v) is 6.31. The van der Waals surface area contributed by atoms with Crippen molar-refractivity contribution in [2.45, 2.75) is 50.8 Å². The van der Waals surface area contributed by atoms with E-state index in [-0.39, 0.29) is 12.0 Å². The Labute approximate surface area is 167 Å². The van der Waals surface area contributed by atoms with Crippen LogP contribution >= 0.6 is 0 Å². The maximum Gasteiger partial charge on any atom is 0.250 e. The van der Waals surface area contributed by atoms with E-state index in [4.69, 9.17) is 9.47 Å². The zero-order valence-electron chi connectivity index (χ0n) is 16.7. The van der Waals surface area contributed by atoms with Gasteiger partial charge in [-0.1, -0.05) is 6.07 Å². The number of methoxy groups -OCH3 is 1. The maximum absolute atomic E-state index is 13.0. The van der Waals surface area contributed by atoms with Gasteiger partial charge in [0.2, 0.25) is 5.88 Å². The molecule has 6 nitrogen and oxygen atoms in total. The second-order valence-corrected chi connectivity index (χ2v) is 9.23. The summed E-state index contributed by atoms with van der Waals surface area (Å²) in [5, 5.41) is 3.41. The summed E-state index contributed by atoms with van der Waals surface area (Å²) in [6, 6.07) is 6.18. The van der Waals surface area contributed by atoms with E-state index in [9.17, 15) is 4.79 Å². The molecule has 6 heteroatoms. The monoisotopic (exact) mass is 385 g/mol. The molecule has 4 saturated carbocycles. The number of hydrogen-bond donors (Lipinski definition) is 1. The molecule has 2 heterocycles. The van der Waals surface area contributed by atoms with E-state index in [0.29, 0.717) is 43.5 Å². The Kier molecular flexibility index (Phi) is 5.01. The lowest BCUT2D eigenvalue weighted by atomic mass is 9.54. The average Bonchev–Trinajstić information content (AvgIpc) is 2.70. The van der Waals surface area contributed by atoms with Crippen LogP contribution in [0.4, 0.5) is 0 Å². The molecule has 1 N–H and O–H groups in total. The van der Waals surface area contributed by atoms with Crippen LogP contribution in [0.3, 0.4) is 0 Å². The number of nitrogens with zero attached hydrogens (tertiary/aromatic N) is 2. The van der Waals surface area contributed by atoms with Crippen LogP contribution in [0.1, 0.15) is 37.8 Å². The first-order chi connectivity index (χ1) is 13.7. The van der Waals surface area contributed by atoms with Crippen molar-refractivity contribution in [2.24, 2.45) is 23.7 Å². The van der Waals surface area contributed by atoms with Gasteiger partial charge in [0.15, 0.2) is 0 Å². The van der Waals surface area contributed by atoms with Crippen molar-refractivity contribution in [2.75, 3.05) is 26.8 Å². The van der Waals surface area contributed by atoms with E-state index in [1.807, 2.05) is 18.2 Å². The number of amides is 1. The van der Waals surface area contributed by atoms with Crippen molar-refractivity contribution in [1.82, 2.24) is 15.2 Å². The molecule has 1 amide bonds. The van der Waals surface area contributed by atoms with Gasteiger partial charge in [0.05, 0.1) is 19.4 Å². The topological polar surface area (TPSA) is 63.7 Å². The van der Waals surface area contributed by atoms with Crippen LogP contribution in [0, 0.1) is 23.7 Å². The second-order valence-electron chi connectivity index (χ2n) is 9.23. The van der Waals surface area contributed by atoms with Crippen LogP contribution in [-0.2, 0) is 16.1 Å². The minimum Gasteiger partial charge on any atom is -0.481 e. The third-order valence-corrected chi connectivity index (χ3v) is 7.35. The summed E-state index contributed by atoms with van der Waals surface area (Å²) in [5.41, 5.74) is 0.960. The average molecular weight is 386 g/mol. The standard InChI is InChI=1S/C22H31N3O3/c1-27-20-4-2-3-18(23-20)12-25-5-6-28-19(13-25)22(26)24-21-16-8-14-7-15(10-16)11-17(21)9-14/h2-4,14-17,19,21H,5-13H2,1H3,(H,24,26). The number of rotatable bonds is 5. The molecular formula is C22H31N3O3. The van der Waals surface area contributed by atoms with Gasteiger partial charge < -0.3 is 14.8 Å². The molecule has 5 aliphatic rings. The van der Waals surface area contributed by atoms with Gasteiger partial charge in [0.1, 0.15) is 6.10 Å². The van der Waals surface area contributed by atoms with E-state index in [2.05, 4.69) is 15.2 Å². The van der Waals surface area contributed by atoms with Crippen molar-refractivity contribution < 1.29 is 14.3 Å². The summed E-state index contributed by atoms with van der Waals surface area (Å²) in [4.78, 5) is 19.7. The molecule has 0 spiro atoms. The summed E-state index contributed by atoms with van der Waals surface area (Å²) >= 11 is 0. The second kappa shape index (κ2) is 7.64. The minimum atomic E-state index is -0.378. The number of aromatic nitrogens is 1. The number of morpholine rings is 1. The highest BCUT2D eigenvalue weighted by molar-refractivity contribution is 5.81. The minimum absolute atomic E-state index is 0.0841. The van der Waals surface area contributed by atoms with Gasteiger partial charge in [0, 0.05) is 31.7 Å².